The number of nitrogens with zero attached hydrogens (tertiary/aromatic N) is 2. The van der Waals surface area contributed by atoms with E-state index in [2.05, 4.69) is 20.6 Å². The lowest BCUT2D eigenvalue weighted by molar-refractivity contribution is 0.128. The van der Waals surface area contributed by atoms with Crippen LogP contribution < -0.4 is 10.6 Å². The molecule has 0 saturated carbocycles. The predicted molar refractivity (Wildman–Crippen MR) is 67.1 cm³/mol. The molecule has 0 saturated heterocycles. The summed E-state index contributed by atoms with van der Waals surface area (Å²) >= 11 is 0. The Labute approximate surface area is 101 Å². The molecular formula is C11H20N4O2. The molecular weight excluding hydrogens is 220 g/mol. The fourth-order valence-electron chi connectivity index (χ4n) is 1.23. The highest BCUT2D eigenvalue weighted by Gasteiger charge is 2.04. The zero-order valence-electron chi connectivity index (χ0n) is 10.5. The maximum atomic E-state index is 9.20. The lowest BCUT2D eigenvalue weighted by Gasteiger charge is -2.10. The Balaban J connectivity index is 2.73. The molecule has 0 bridgehead atoms. The van der Waals surface area contributed by atoms with Crippen molar-refractivity contribution in [3.63, 3.8) is 0 Å². The molecule has 0 radical (unpaired) electrons. The highest BCUT2D eigenvalue weighted by Crippen LogP contribution is 2.11. The van der Waals surface area contributed by atoms with E-state index in [1.54, 1.807) is 20.0 Å². The van der Waals surface area contributed by atoms with E-state index in [1.807, 2.05) is 6.92 Å². The van der Waals surface area contributed by atoms with Crippen LogP contribution in [0.1, 0.15) is 19.7 Å². The first-order valence-corrected chi connectivity index (χ1v) is 5.71. The van der Waals surface area contributed by atoms with E-state index in [-0.39, 0.29) is 0 Å². The smallest absolute Gasteiger partial charge is 0.158 e. The molecule has 1 aromatic rings. The number of ether oxygens (including phenoxy) is 1. The third-order valence-corrected chi connectivity index (χ3v) is 2.04. The number of aliphatic hydroxyl groups is 1. The first-order chi connectivity index (χ1) is 8.15. The average molecular weight is 240 g/mol. The molecule has 6 heteroatoms. The van der Waals surface area contributed by atoms with Gasteiger partial charge in [0.05, 0.1) is 6.10 Å². The summed E-state index contributed by atoms with van der Waals surface area (Å²) in [6.45, 7) is 5.11. The number of aromatic nitrogens is 2. The SMILES string of the molecule is CCOCc1nc(NC)cc(NCC(C)O)n1. The minimum atomic E-state index is -0.418. The van der Waals surface area contributed by atoms with Gasteiger partial charge in [0.2, 0.25) is 0 Å². The van der Waals surface area contributed by atoms with Gasteiger partial charge in [-0.25, -0.2) is 9.97 Å². The summed E-state index contributed by atoms with van der Waals surface area (Å²) in [6.07, 6.45) is -0.418. The van der Waals surface area contributed by atoms with E-state index in [0.717, 1.165) is 5.82 Å². The van der Waals surface area contributed by atoms with Gasteiger partial charge in [-0.3, -0.25) is 0 Å². The van der Waals surface area contributed by atoms with Crippen LogP contribution in [0.2, 0.25) is 0 Å². The minimum absolute atomic E-state index is 0.384. The molecule has 1 rings (SSSR count). The standard InChI is InChI=1S/C11H20N4O2/c1-4-17-7-11-14-9(12-3)5-10(15-11)13-6-8(2)16/h5,8,16H,4,6-7H2,1-3H3,(H2,12,13,14,15). The molecule has 0 spiro atoms. The molecule has 1 atom stereocenters. The lowest BCUT2D eigenvalue weighted by Crippen LogP contribution is -2.17. The molecule has 1 heterocycles. The van der Waals surface area contributed by atoms with Crippen molar-refractivity contribution < 1.29 is 9.84 Å². The summed E-state index contributed by atoms with van der Waals surface area (Å²) in [7, 11) is 1.80. The van der Waals surface area contributed by atoms with Crippen molar-refractivity contribution in [1.29, 1.82) is 0 Å². The Kier molecular flexibility index (Phi) is 5.65. The molecule has 6 nitrogen and oxygen atoms in total. The number of anilines is 2. The van der Waals surface area contributed by atoms with E-state index in [4.69, 9.17) is 4.74 Å². The van der Waals surface area contributed by atoms with E-state index in [1.165, 1.54) is 0 Å². The van der Waals surface area contributed by atoms with Crippen molar-refractivity contribution in [3.05, 3.63) is 11.9 Å². The first-order valence-electron chi connectivity index (χ1n) is 5.71. The molecule has 1 aromatic heterocycles. The Morgan fingerprint density at radius 2 is 2.12 bits per heavy atom. The Bertz CT molecular complexity index is 344. The summed E-state index contributed by atoms with van der Waals surface area (Å²) < 4.78 is 5.27. The number of rotatable bonds is 7. The van der Waals surface area contributed by atoms with Gasteiger partial charge in [-0.15, -0.1) is 0 Å². The van der Waals surface area contributed by atoms with Crippen molar-refractivity contribution >= 4 is 11.6 Å². The highest BCUT2D eigenvalue weighted by molar-refractivity contribution is 5.47. The molecule has 0 aromatic carbocycles. The Morgan fingerprint density at radius 3 is 2.71 bits per heavy atom. The zero-order chi connectivity index (χ0) is 12.7. The molecule has 0 amide bonds. The van der Waals surface area contributed by atoms with Crippen molar-refractivity contribution in [2.45, 2.75) is 26.6 Å². The maximum Gasteiger partial charge on any atom is 0.158 e. The second-order valence-corrected chi connectivity index (χ2v) is 3.67. The van der Waals surface area contributed by atoms with Crippen molar-refractivity contribution in [3.8, 4) is 0 Å². The van der Waals surface area contributed by atoms with Gasteiger partial charge >= 0.3 is 0 Å². The quantitative estimate of drug-likeness (QED) is 0.655. The van der Waals surface area contributed by atoms with E-state index in [0.29, 0.717) is 31.4 Å². The van der Waals surface area contributed by atoms with Crippen LogP contribution in [0.5, 0.6) is 0 Å². The first kappa shape index (κ1) is 13.7. The van der Waals surface area contributed by atoms with Crippen LogP contribution in [-0.4, -0.2) is 41.4 Å². The third kappa shape index (κ3) is 4.97. The van der Waals surface area contributed by atoms with Crippen LogP contribution in [0.25, 0.3) is 0 Å². The molecule has 0 aliphatic rings. The molecule has 0 aliphatic heterocycles. The summed E-state index contributed by atoms with van der Waals surface area (Å²) in [5.74, 6) is 2.02. The highest BCUT2D eigenvalue weighted by atomic mass is 16.5. The van der Waals surface area contributed by atoms with E-state index >= 15 is 0 Å². The topological polar surface area (TPSA) is 79.3 Å². The van der Waals surface area contributed by atoms with Gasteiger partial charge in [0.1, 0.15) is 18.2 Å². The van der Waals surface area contributed by atoms with Crippen molar-refractivity contribution in [2.24, 2.45) is 0 Å². The van der Waals surface area contributed by atoms with E-state index in [9.17, 15) is 5.11 Å². The van der Waals surface area contributed by atoms with Crippen molar-refractivity contribution in [1.82, 2.24) is 9.97 Å². The molecule has 17 heavy (non-hydrogen) atoms. The Hall–Kier alpha value is -1.40. The van der Waals surface area contributed by atoms with Crippen LogP contribution in [0.15, 0.2) is 6.07 Å². The fraction of sp³-hybridized carbons (Fsp3) is 0.636. The maximum absolute atomic E-state index is 9.20. The predicted octanol–water partition coefficient (Wildman–Crippen LogP) is 0.847. The van der Waals surface area contributed by atoms with Crippen LogP contribution >= 0.6 is 0 Å². The summed E-state index contributed by atoms with van der Waals surface area (Å²) in [5.41, 5.74) is 0. The van der Waals surface area contributed by atoms with Crippen LogP contribution in [-0.2, 0) is 11.3 Å². The number of hydrogen-bond donors (Lipinski definition) is 3. The monoisotopic (exact) mass is 240 g/mol. The fourth-order valence-corrected chi connectivity index (χ4v) is 1.23. The number of hydrogen-bond acceptors (Lipinski definition) is 6. The minimum Gasteiger partial charge on any atom is -0.392 e. The second kappa shape index (κ2) is 7.03. The van der Waals surface area contributed by atoms with Gasteiger partial charge in [-0.05, 0) is 13.8 Å². The summed E-state index contributed by atoms with van der Waals surface area (Å²) in [6, 6.07) is 1.79. The number of aliphatic hydroxyl groups excluding tert-OH is 1. The summed E-state index contributed by atoms with van der Waals surface area (Å²) in [4.78, 5) is 8.56. The number of nitrogens with one attached hydrogen (secondary N) is 2. The lowest BCUT2D eigenvalue weighted by atomic mass is 10.4. The van der Waals surface area contributed by atoms with Crippen LogP contribution in [0.3, 0.4) is 0 Å². The van der Waals surface area contributed by atoms with Crippen LogP contribution in [0.4, 0.5) is 11.6 Å². The van der Waals surface area contributed by atoms with Gasteiger partial charge in [0, 0.05) is 26.3 Å². The molecule has 0 aliphatic carbocycles. The third-order valence-electron chi connectivity index (χ3n) is 2.04. The average Bonchev–Trinajstić information content (AvgIpc) is 2.33. The normalized spacial score (nSPS) is 12.2. The second-order valence-electron chi connectivity index (χ2n) is 3.67. The van der Waals surface area contributed by atoms with Gasteiger partial charge in [0.25, 0.3) is 0 Å². The Morgan fingerprint density at radius 1 is 1.41 bits per heavy atom. The van der Waals surface area contributed by atoms with Gasteiger partial charge in [0.15, 0.2) is 5.82 Å². The van der Waals surface area contributed by atoms with Gasteiger partial charge in [-0.2, -0.15) is 0 Å². The van der Waals surface area contributed by atoms with Crippen LogP contribution in [0, 0.1) is 0 Å². The molecule has 0 fully saturated rings. The largest absolute Gasteiger partial charge is 0.392 e. The summed E-state index contributed by atoms with van der Waals surface area (Å²) in [5, 5.41) is 15.2. The molecule has 3 N–H and O–H groups in total. The van der Waals surface area contributed by atoms with E-state index < -0.39 is 6.10 Å². The molecule has 1 unspecified atom stereocenters. The van der Waals surface area contributed by atoms with Crippen molar-refractivity contribution in [2.75, 3.05) is 30.8 Å². The zero-order valence-corrected chi connectivity index (χ0v) is 10.5. The van der Waals surface area contributed by atoms with Gasteiger partial charge in [-0.1, -0.05) is 0 Å². The van der Waals surface area contributed by atoms with Gasteiger partial charge < -0.3 is 20.5 Å². The molecule has 96 valence electrons.